The largest absolute Gasteiger partial charge is 0.340 e. The van der Waals surface area contributed by atoms with Crippen LogP contribution in [-0.4, -0.2) is 20.1 Å². The zero-order valence-corrected chi connectivity index (χ0v) is 13.0. The second kappa shape index (κ2) is 6.85. The Morgan fingerprint density at radius 1 is 1.22 bits per heavy atom. The summed E-state index contributed by atoms with van der Waals surface area (Å²) < 4.78 is 5.32. The Kier molecular flexibility index (Phi) is 6.49. The van der Waals surface area contributed by atoms with Gasteiger partial charge in [0.25, 0.3) is 8.32 Å². The Bertz CT molecular complexity index is 315. The van der Waals surface area contributed by atoms with Gasteiger partial charge in [0.2, 0.25) is 0 Å². The van der Waals surface area contributed by atoms with Gasteiger partial charge in [-0.15, -0.1) is 0 Å². The molecule has 0 heterocycles. The van der Waals surface area contributed by atoms with Crippen molar-refractivity contribution >= 4 is 20.1 Å². The molecule has 4 nitrogen and oxygen atoms in total. The molecule has 0 N–H and O–H groups in total. The number of hydrogen-bond donors (Lipinski definition) is 0. The molecule has 0 atom stereocenters. The molecule has 0 unspecified atom stereocenters. The highest BCUT2D eigenvalue weighted by Gasteiger charge is 2.40. The van der Waals surface area contributed by atoms with Crippen molar-refractivity contribution in [3.05, 3.63) is 12.7 Å². The van der Waals surface area contributed by atoms with Gasteiger partial charge in [0.05, 0.1) is 0 Å². The van der Waals surface area contributed by atoms with Crippen LogP contribution in [0.25, 0.3) is 0 Å². The fraction of sp³-hybridized carbons (Fsp3) is 0.692. The van der Waals surface area contributed by atoms with Gasteiger partial charge in [-0.3, -0.25) is 4.79 Å². The molecule has 0 aromatic heterocycles. The maximum Gasteiger partial charge on any atom is 0.340 e. The van der Waals surface area contributed by atoms with Gasteiger partial charge >= 0.3 is 5.97 Å². The highest BCUT2D eigenvalue weighted by atomic mass is 28.4. The topological polar surface area (TPSA) is 52.6 Å². The third-order valence-corrected chi connectivity index (χ3v) is 7.29. The Hall–Kier alpha value is -0.943. The summed E-state index contributed by atoms with van der Waals surface area (Å²) in [4.78, 5) is 27.2. The average Bonchev–Trinajstić information content (AvgIpc) is 2.24. The first-order chi connectivity index (χ1) is 8.10. The monoisotopic (exact) mass is 272 g/mol. The van der Waals surface area contributed by atoms with Crippen molar-refractivity contribution in [1.82, 2.24) is 0 Å². The molecule has 0 saturated heterocycles. The zero-order valence-electron chi connectivity index (χ0n) is 12.0. The summed E-state index contributed by atoms with van der Waals surface area (Å²) in [6, 6.07) is 0. The first kappa shape index (κ1) is 17.1. The maximum atomic E-state index is 11.4. The van der Waals surface area contributed by atoms with Crippen LogP contribution in [-0.2, 0) is 19.1 Å². The van der Waals surface area contributed by atoms with Gasteiger partial charge in [-0.05, 0) is 30.6 Å². The normalized spacial score (nSPS) is 12.1. The molecule has 0 amide bonds. The number of hydrogen-bond acceptors (Lipinski definition) is 4. The van der Waals surface area contributed by atoms with E-state index in [0.717, 1.165) is 0 Å². The lowest BCUT2D eigenvalue weighted by atomic mass is 10.2. The molecule has 0 aromatic carbocycles. The molecule has 0 saturated carbocycles. The SMILES string of the molecule is C=CC(=O)CCCC(=O)OO[Si](C)(C)C(C)(C)C. The Morgan fingerprint density at radius 3 is 2.22 bits per heavy atom. The number of carbonyl (C=O) groups is 2. The van der Waals surface area contributed by atoms with Crippen LogP contribution in [0.5, 0.6) is 0 Å². The van der Waals surface area contributed by atoms with E-state index in [1.54, 1.807) is 0 Å². The van der Waals surface area contributed by atoms with E-state index >= 15 is 0 Å². The minimum atomic E-state index is -2.06. The first-order valence-corrected chi connectivity index (χ1v) is 9.05. The lowest BCUT2D eigenvalue weighted by Gasteiger charge is -2.33. The molecule has 0 fully saturated rings. The molecule has 104 valence electrons. The Labute approximate surface area is 110 Å². The molecular weight excluding hydrogens is 248 g/mol. The predicted octanol–water partition coefficient (Wildman–Crippen LogP) is 3.39. The van der Waals surface area contributed by atoms with Crippen molar-refractivity contribution in [2.75, 3.05) is 0 Å². The molecule has 0 rings (SSSR count). The summed E-state index contributed by atoms with van der Waals surface area (Å²) in [6.07, 6.45) is 2.23. The van der Waals surface area contributed by atoms with Crippen LogP contribution in [0, 0.1) is 0 Å². The van der Waals surface area contributed by atoms with Crippen LogP contribution in [0.1, 0.15) is 40.0 Å². The summed E-state index contributed by atoms with van der Waals surface area (Å²) in [5.74, 6) is -0.482. The highest BCUT2D eigenvalue weighted by Crippen LogP contribution is 2.36. The summed E-state index contributed by atoms with van der Waals surface area (Å²) in [6.45, 7) is 13.6. The van der Waals surface area contributed by atoms with Gasteiger partial charge in [-0.2, -0.15) is 0 Å². The Balaban J connectivity index is 3.98. The molecule has 0 aliphatic carbocycles. The van der Waals surface area contributed by atoms with E-state index in [4.69, 9.17) is 9.46 Å². The summed E-state index contributed by atoms with van der Waals surface area (Å²) >= 11 is 0. The van der Waals surface area contributed by atoms with Gasteiger partial charge in [-0.1, -0.05) is 27.4 Å². The van der Waals surface area contributed by atoms with Gasteiger partial charge in [0.1, 0.15) is 0 Å². The van der Waals surface area contributed by atoms with Gasteiger partial charge in [-0.25, -0.2) is 9.37 Å². The van der Waals surface area contributed by atoms with E-state index in [1.807, 2.05) is 13.1 Å². The first-order valence-electron chi connectivity index (χ1n) is 6.14. The average molecular weight is 272 g/mol. The van der Waals surface area contributed by atoms with E-state index in [9.17, 15) is 9.59 Å². The summed E-state index contributed by atoms with van der Waals surface area (Å²) in [5, 5.41) is -0.00785. The second-order valence-corrected chi connectivity index (χ2v) is 10.5. The van der Waals surface area contributed by atoms with Gasteiger partial charge in [0, 0.05) is 12.8 Å². The molecular formula is C13H24O4Si. The lowest BCUT2D eigenvalue weighted by molar-refractivity contribution is -0.221. The van der Waals surface area contributed by atoms with Crippen LogP contribution in [0.2, 0.25) is 18.1 Å². The standard InChI is InChI=1S/C13H24O4Si/c1-7-11(14)9-8-10-12(15)16-17-18(5,6)13(2,3)4/h7H,1,8-10H2,2-6H3. The van der Waals surface area contributed by atoms with Crippen molar-refractivity contribution < 1.29 is 19.1 Å². The van der Waals surface area contributed by atoms with Crippen LogP contribution in [0.4, 0.5) is 0 Å². The second-order valence-electron chi connectivity index (χ2n) is 5.82. The van der Waals surface area contributed by atoms with Crippen molar-refractivity contribution in [1.29, 1.82) is 0 Å². The van der Waals surface area contributed by atoms with Gasteiger partial charge in [0.15, 0.2) is 5.78 Å². The van der Waals surface area contributed by atoms with Gasteiger partial charge < -0.3 is 4.89 Å². The van der Waals surface area contributed by atoms with Crippen molar-refractivity contribution in [2.45, 2.75) is 58.2 Å². The number of carbonyl (C=O) groups excluding carboxylic acids is 2. The quantitative estimate of drug-likeness (QED) is 0.308. The van der Waals surface area contributed by atoms with Crippen LogP contribution in [0.15, 0.2) is 12.7 Å². The molecule has 18 heavy (non-hydrogen) atoms. The fourth-order valence-electron chi connectivity index (χ4n) is 0.826. The zero-order chi connectivity index (χ0) is 14.4. The highest BCUT2D eigenvalue weighted by molar-refractivity contribution is 6.73. The van der Waals surface area contributed by atoms with E-state index in [2.05, 4.69) is 27.4 Å². The smallest absolute Gasteiger partial charge is 0.310 e. The molecule has 0 aliphatic rings. The van der Waals surface area contributed by atoms with Crippen LogP contribution in [0.3, 0.4) is 0 Å². The summed E-state index contributed by atoms with van der Waals surface area (Å²) in [7, 11) is -2.06. The minimum Gasteiger partial charge on any atom is -0.310 e. The van der Waals surface area contributed by atoms with Crippen molar-refractivity contribution in [3.8, 4) is 0 Å². The molecule has 5 heteroatoms. The summed E-state index contributed by atoms with van der Waals surface area (Å²) in [5.41, 5.74) is 0. The minimum absolute atomic E-state index is 0.00785. The number of allylic oxidation sites excluding steroid dienone is 1. The Morgan fingerprint density at radius 2 is 1.78 bits per heavy atom. The third-order valence-electron chi connectivity index (χ3n) is 3.18. The molecule has 0 aromatic rings. The van der Waals surface area contributed by atoms with Crippen molar-refractivity contribution in [3.63, 3.8) is 0 Å². The number of ketones is 1. The molecule has 0 spiro atoms. The van der Waals surface area contributed by atoms with E-state index in [1.165, 1.54) is 6.08 Å². The third kappa shape index (κ3) is 6.12. The van der Waals surface area contributed by atoms with Crippen molar-refractivity contribution in [2.24, 2.45) is 0 Å². The molecule has 0 bridgehead atoms. The van der Waals surface area contributed by atoms with E-state index < -0.39 is 14.3 Å². The number of rotatable bonds is 7. The van der Waals surface area contributed by atoms with Crippen LogP contribution < -0.4 is 0 Å². The molecule has 0 radical (unpaired) electrons. The maximum absolute atomic E-state index is 11.4. The fourth-order valence-corrected chi connectivity index (χ4v) is 1.38. The van der Waals surface area contributed by atoms with E-state index in [-0.39, 0.29) is 17.2 Å². The lowest BCUT2D eigenvalue weighted by Crippen LogP contribution is -2.41. The molecule has 0 aliphatic heterocycles. The van der Waals surface area contributed by atoms with Crippen LogP contribution >= 0.6 is 0 Å². The van der Waals surface area contributed by atoms with E-state index in [0.29, 0.717) is 12.8 Å². The predicted molar refractivity (Wildman–Crippen MR) is 73.4 cm³/mol.